The number of aromatic amines is 1. The topological polar surface area (TPSA) is 88.0 Å². The highest BCUT2D eigenvalue weighted by Gasteiger charge is 2.31. The summed E-state index contributed by atoms with van der Waals surface area (Å²) in [6.45, 7) is 9.10. The van der Waals surface area contributed by atoms with Crippen LogP contribution in [0.25, 0.3) is 10.2 Å². The highest BCUT2D eigenvalue weighted by atomic mass is 32.1. The highest BCUT2D eigenvalue weighted by molar-refractivity contribution is 7.18. The van der Waals surface area contributed by atoms with Crippen LogP contribution in [0, 0.1) is 18.3 Å². The molecule has 30 heavy (non-hydrogen) atoms. The highest BCUT2D eigenvalue weighted by Crippen LogP contribution is 2.41. The number of hydrogen-bond acceptors (Lipinski definition) is 5. The van der Waals surface area contributed by atoms with Crippen molar-refractivity contribution in [2.24, 2.45) is 11.3 Å². The normalized spacial score (nSPS) is 16.6. The van der Waals surface area contributed by atoms with Crippen LogP contribution in [0.2, 0.25) is 0 Å². The molecular weight excluding hydrogens is 398 g/mol. The first-order valence-corrected chi connectivity index (χ1v) is 11.4. The largest absolute Gasteiger partial charge is 0.465 e. The van der Waals surface area contributed by atoms with E-state index in [0.717, 1.165) is 41.0 Å². The molecular formula is C23H29N3O3S. The number of nitrogens with one attached hydrogen (secondary N) is 2. The number of nitrogens with zero attached hydrogens (tertiary/aromatic N) is 1. The number of rotatable bonds is 5. The third-order valence-corrected chi connectivity index (χ3v) is 7.19. The van der Waals surface area contributed by atoms with E-state index in [2.05, 4.69) is 36.1 Å². The summed E-state index contributed by atoms with van der Waals surface area (Å²) in [4.78, 5) is 34.6. The maximum Gasteiger partial charge on any atom is 0.259 e. The Balaban J connectivity index is 1.44. The number of aryl methyl sites for hydroxylation is 3. The van der Waals surface area contributed by atoms with Gasteiger partial charge in [0, 0.05) is 17.7 Å². The van der Waals surface area contributed by atoms with E-state index in [1.54, 1.807) is 11.3 Å². The van der Waals surface area contributed by atoms with Crippen molar-refractivity contribution >= 4 is 27.5 Å². The first kappa shape index (κ1) is 20.8. The van der Waals surface area contributed by atoms with Crippen molar-refractivity contribution in [3.05, 3.63) is 50.3 Å². The molecule has 3 aromatic rings. The molecule has 1 aliphatic carbocycles. The van der Waals surface area contributed by atoms with Crippen LogP contribution in [0.15, 0.2) is 21.3 Å². The van der Waals surface area contributed by atoms with Crippen LogP contribution in [0.5, 0.6) is 0 Å². The van der Waals surface area contributed by atoms with Gasteiger partial charge in [0.2, 0.25) is 5.91 Å². The predicted octanol–water partition coefficient (Wildman–Crippen LogP) is 4.29. The SMILES string of the molecule is Cc1ccc(CNC(=O)CCc2nc3sc4c(c3c(=O)[nH]2)CC[C@H](C(C)(C)C)C4)o1. The minimum absolute atomic E-state index is 0.0758. The quantitative estimate of drug-likeness (QED) is 0.636. The van der Waals surface area contributed by atoms with Gasteiger partial charge in [-0.2, -0.15) is 0 Å². The number of amides is 1. The van der Waals surface area contributed by atoms with Crippen LogP contribution in [-0.2, 0) is 30.6 Å². The van der Waals surface area contributed by atoms with E-state index in [0.29, 0.717) is 24.7 Å². The van der Waals surface area contributed by atoms with E-state index in [4.69, 9.17) is 4.42 Å². The fourth-order valence-corrected chi connectivity index (χ4v) is 5.49. The molecule has 4 rings (SSSR count). The summed E-state index contributed by atoms with van der Waals surface area (Å²) in [5.74, 6) is 2.65. The van der Waals surface area contributed by atoms with Crippen molar-refractivity contribution in [1.82, 2.24) is 15.3 Å². The third kappa shape index (κ3) is 4.36. The minimum Gasteiger partial charge on any atom is -0.465 e. The van der Waals surface area contributed by atoms with Crippen LogP contribution >= 0.6 is 11.3 Å². The number of thiophene rings is 1. The van der Waals surface area contributed by atoms with Gasteiger partial charge in [0.1, 0.15) is 22.2 Å². The number of aromatic nitrogens is 2. The zero-order chi connectivity index (χ0) is 21.5. The molecule has 1 amide bonds. The monoisotopic (exact) mass is 427 g/mol. The maximum atomic E-state index is 12.8. The fraction of sp³-hybridized carbons (Fsp3) is 0.522. The molecule has 0 aromatic carbocycles. The van der Waals surface area contributed by atoms with E-state index in [9.17, 15) is 9.59 Å². The van der Waals surface area contributed by atoms with Gasteiger partial charge in [0.05, 0.1) is 11.9 Å². The van der Waals surface area contributed by atoms with Gasteiger partial charge in [-0.25, -0.2) is 4.98 Å². The van der Waals surface area contributed by atoms with E-state index in [1.807, 2.05) is 19.1 Å². The molecule has 0 radical (unpaired) electrons. The molecule has 3 heterocycles. The molecule has 1 aliphatic rings. The summed E-state index contributed by atoms with van der Waals surface area (Å²) in [6.07, 6.45) is 3.74. The molecule has 3 aromatic heterocycles. The lowest BCUT2D eigenvalue weighted by atomic mass is 9.72. The Kier molecular flexibility index (Phi) is 5.57. The molecule has 7 heteroatoms. The van der Waals surface area contributed by atoms with Crippen molar-refractivity contribution in [3.63, 3.8) is 0 Å². The van der Waals surface area contributed by atoms with Crippen molar-refractivity contribution < 1.29 is 9.21 Å². The Morgan fingerprint density at radius 3 is 2.87 bits per heavy atom. The van der Waals surface area contributed by atoms with Crippen molar-refractivity contribution in [1.29, 1.82) is 0 Å². The zero-order valence-corrected chi connectivity index (χ0v) is 18.9. The smallest absolute Gasteiger partial charge is 0.259 e. The average molecular weight is 428 g/mol. The molecule has 0 bridgehead atoms. The molecule has 2 N–H and O–H groups in total. The number of furan rings is 1. The second kappa shape index (κ2) is 8.02. The van der Waals surface area contributed by atoms with Gasteiger partial charge in [-0.3, -0.25) is 9.59 Å². The maximum absolute atomic E-state index is 12.8. The van der Waals surface area contributed by atoms with Crippen LogP contribution in [0.1, 0.15) is 61.4 Å². The summed E-state index contributed by atoms with van der Waals surface area (Å²) < 4.78 is 5.46. The summed E-state index contributed by atoms with van der Waals surface area (Å²) in [5.41, 5.74) is 1.37. The van der Waals surface area contributed by atoms with Gasteiger partial charge in [-0.1, -0.05) is 20.8 Å². The lowest BCUT2D eigenvalue weighted by Gasteiger charge is -2.33. The van der Waals surface area contributed by atoms with Gasteiger partial charge in [0.25, 0.3) is 5.56 Å². The average Bonchev–Trinajstić information content (AvgIpc) is 3.26. The minimum atomic E-state index is -0.0923. The second-order valence-corrected chi connectivity index (χ2v) is 10.4. The summed E-state index contributed by atoms with van der Waals surface area (Å²) in [5, 5.41) is 3.60. The van der Waals surface area contributed by atoms with E-state index in [-0.39, 0.29) is 23.3 Å². The van der Waals surface area contributed by atoms with Crippen LogP contribution in [0.3, 0.4) is 0 Å². The van der Waals surface area contributed by atoms with Crippen molar-refractivity contribution in [2.75, 3.05) is 0 Å². The molecule has 0 fully saturated rings. The Bertz CT molecular complexity index is 1130. The van der Waals surface area contributed by atoms with E-state index < -0.39 is 0 Å². The molecule has 0 unspecified atom stereocenters. The Labute approximate surface area is 180 Å². The Morgan fingerprint density at radius 2 is 2.17 bits per heavy atom. The predicted molar refractivity (Wildman–Crippen MR) is 119 cm³/mol. The van der Waals surface area contributed by atoms with Crippen LogP contribution < -0.4 is 10.9 Å². The standard InChI is InChI=1S/C23H29N3O3S/c1-13-5-7-15(29-13)12-24-19(27)10-9-18-25-21(28)20-16-8-6-14(23(2,3)4)11-17(16)30-22(20)26-18/h5,7,14H,6,8-12H2,1-4H3,(H,24,27)(H,25,26,28)/t14-/m0/s1. The van der Waals surface area contributed by atoms with Gasteiger partial charge in [0.15, 0.2) is 0 Å². The van der Waals surface area contributed by atoms with Crippen molar-refractivity contribution in [2.45, 2.75) is 66.3 Å². The summed E-state index contributed by atoms with van der Waals surface area (Å²) in [6, 6.07) is 3.72. The lowest BCUT2D eigenvalue weighted by Crippen LogP contribution is -2.26. The molecule has 0 saturated carbocycles. The number of H-pyrrole nitrogens is 1. The first-order chi connectivity index (χ1) is 14.2. The molecule has 160 valence electrons. The van der Waals surface area contributed by atoms with Crippen LogP contribution in [-0.4, -0.2) is 15.9 Å². The van der Waals surface area contributed by atoms with Crippen LogP contribution in [0.4, 0.5) is 0 Å². The first-order valence-electron chi connectivity index (χ1n) is 10.6. The number of hydrogen-bond donors (Lipinski definition) is 2. The summed E-state index contributed by atoms with van der Waals surface area (Å²) >= 11 is 1.65. The van der Waals surface area contributed by atoms with Crippen molar-refractivity contribution in [3.8, 4) is 0 Å². The van der Waals surface area contributed by atoms with Gasteiger partial charge >= 0.3 is 0 Å². The van der Waals surface area contributed by atoms with Gasteiger partial charge < -0.3 is 14.7 Å². The fourth-order valence-electron chi connectivity index (χ4n) is 4.17. The van der Waals surface area contributed by atoms with E-state index in [1.165, 1.54) is 10.4 Å². The van der Waals surface area contributed by atoms with Gasteiger partial charge in [-0.15, -0.1) is 11.3 Å². The van der Waals surface area contributed by atoms with Gasteiger partial charge in [-0.05, 0) is 55.2 Å². The molecule has 6 nitrogen and oxygen atoms in total. The number of fused-ring (bicyclic) bond motifs is 3. The van der Waals surface area contributed by atoms with E-state index >= 15 is 0 Å². The molecule has 1 atom stereocenters. The molecule has 0 aliphatic heterocycles. The second-order valence-electron chi connectivity index (χ2n) is 9.29. The molecule has 0 spiro atoms. The Hall–Kier alpha value is -2.41. The lowest BCUT2D eigenvalue weighted by molar-refractivity contribution is -0.121. The molecule has 0 saturated heterocycles. The zero-order valence-electron chi connectivity index (χ0n) is 18.1. The third-order valence-electron chi connectivity index (χ3n) is 6.04. The number of carbonyl (C=O) groups is 1. The summed E-state index contributed by atoms with van der Waals surface area (Å²) in [7, 11) is 0. The number of carbonyl (C=O) groups excluding carboxylic acids is 1. The Morgan fingerprint density at radius 1 is 1.37 bits per heavy atom.